The molecule has 0 aromatic carbocycles. The van der Waals surface area contributed by atoms with Crippen molar-refractivity contribution in [3.63, 3.8) is 0 Å². The molecular formula is C11H20S. The molecule has 1 unspecified atom stereocenters. The maximum Gasteiger partial charge on any atom is 0.0233 e. The van der Waals surface area contributed by atoms with Crippen LogP contribution in [0.4, 0.5) is 0 Å². The Hall–Kier alpha value is 0.0900. The Labute approximate surface area is 80.8 Å². The zero-order valence-corrected chi connectivity index (χ0v) is 9.72. The Morgan fingerprint density at radius 2 is 2.00 bits per heavy atom. The van der Waals surface area contributed by atoms with Crippen LogP contribution in [0.3, 0.4) is 0 Å². The molecule has 0 aromatic heterocycles. The van der Waals surface area contributed by atoms with Crippen LogP contribution in [0.2, 0.25) is 0 Å². The largest absolute Gasteiger partial charge is 0.158 e. The molecule has 12 heavy (non-hydrogen) atoms. The van der Waals surface area contributed by atoms with Gasteiger partial charge in [0, 0.05) is 5.25 Å². The Kier molecular flexibility index (Phi) is 2.92. The quantitative estimate of drug-likeness (QED) is 0.587. The number of hydrogen-bond donors (Lipinski definition) is 0. The van der Waals surface area contributed by atoms with E-state index in [1.807, 2.05) is 11.8 Å². The van der Waals surface area contributed by atoms with Gasteiger partial charge in [-0.1, -0.05) is 25.0 Å². The van der Waals surface area contributed by atoms with E-state index in [0.29, 0.717) is 10.7 Å². The summed E-state index contributed by atoms with van der Waals surface area (Å²) in [5.74, 6) is 0. The average Bonchev–Trinajstić information content (AvgIpc) is 2.25. The minimum Gasteiger partial charge on any atom is -0.158 e. The smallest absolute Gasteiger partial charge is 0.0233 e. The summed E-state index contributed by atoms with van der Waals surface area (Å²) in [6.45, 7) is 9.39. The van der Waals surface area contributed by atoms with Crippen LogP contribution in [0.15, 0.2) is 11.1 Å². The summed E-state index contributed by atoms with van der Waals surface area (Å²) in [6, 6.07) is 0. The molecule has 1 aliphatic rings. The van der Waals surface area contributed by atoms with E-state index in [1.54, 1.807) is 11.1 Å². The molecule has 0 aliphatic heterocycles. The Balaban J connectivity index is 2.90. The Morgan fingerprint density at radius 1 is 1.42 bits per heavy atom. The van der Waals surface area contributed by atoms with Gasteiger partial charge in [-0.05, 0) is 38.4 Å². The maximum atomic E-state index is 2.38. The van der Waals surface area contributed by atoms with Gasteiger partial charge in [-0.15, -0.1) is 0 Å². The van der Waals surface area contributed by atoms with E-state index in [-0.39, 0.29) is 0 Å². The van der Waals surface area contributed by atoms with Crippen molar-refractivity contribution in [3.05, 3.63) is 11.1 Å². The number of thioether (sulfide) groups is 1. The van der Waals surface area contributed by atoms with Gasteiger partial charge in [-0.3, -0.25) is 0 Å². The van der Waals surface area contributed by atoms with Crippen molar-refractivity contribution < 1.29 is 0 Å². The van der Waals surface area contributed by atoms with E-state index < -0.39 is 0 Å². The van der Waals surface area contributed by atoms with Gasteiger partial charge in [0.2, 0.25) is 0 Å². The van der Waals surface area contributed by atoms with Crippen LogP contribution in [0.5, 0.6) is 0 Å². The van der Waals surface area contributed by atoms with Gasteiger partial charge in [0.1, 0.15) is 0 Å². The summed E-state index contributed by atoms with van der Waals surface area (Å²) >= 11 is 1.97. The first kappa shape index (κ1) is 10.2. The lowest BCUT2D eigenvalue weighted by Crippen LogP contribution is -2.17. The van der Waals surface area contributed by atoms with Gasteiger partial charge in [-0.25, -0.2) is 0 Å². The molecule has 0 fully saturated rings. The zero-order chi connectivity index (χ0) is 9.35. The highest BCUT2D eigenvalue weighted by Crippen LogP contribution is 2.45. The lowest BCUT2D eigenvalue weighted by Gasteiger charge is -2.27. The number of rotatable bonds is 2. The second kappa shape index (κ2) is 3.45. The molecule has 0 saturated carbocycles. The first-order valence-corrected chi connectivity index (χ1v) is 6.00. The number of hydrogen-bond acceptors (Lipinski definition) is 1. The molecule has 0 nitrogen and oxygen atoms in total. The highest BCUT2D eigenvalue weighted by Gasteiger charge is 2.33. The van der Waals surface area contributed by atoms with Gasteiger partial charge in [-0.2, -0.15) is 11.8 Å². The SMILES string of the molecule is CSC(C)C1=C(C)CCC1(C)C. The van der Waals surface area contributed by atoms with E-state index >= 15 is 0 Å². The highest BCUT2D eigenvalue weighted by molar-refractivity contribution is 7.99. The van der Waals surface area contributed by atoms with Gasteiger partial charge in [0.05, 0.1) is 0 Å². The average molecular weight is 184 g/mol. The molecule has 0 amide bonds. The highest BCUT2D eigenvalue weighted by atomic mass is 32.2. The zero-order valence-electron chi connectivity index (χ0n) is 8.90. The second-order valence-corrected chi connectivity index (χ2v) is 5.63. The van der Waals surface area contributed by atoms with Crippen LogP contribution >= 0.6 is 11.8 Å². The van der Waals surface area contributed by atoms with Crippen molar-refractivity contribution in [1.82, 2.24) is 0 Å². The molecular weight excluding hydrogens is 164 g/mol. The van der Waals surface area contributed by atoms with Crippen LogP contribution < -0.4 is 0 Å². The standard InChI is InChI=1S/C11H20S/c1-8-6-7-11(3,4)10(8)9(2)12-5/h9H,6-7H2,1-5H3. The molecule has 0 bridgehead atoms. The van der Waals surface area contributed by atoms with Crippen LogP contribution in [0.25, 0.3) is 0 Å². The third-order valence-electron chi connectivity index (χ3n) is 3.07. The molecule has 0 heterocycles. The molecule has 0 radical (unpaired) electrons. The van der Waals surface area contributed by atoms with Gasteiger partial charge in [0.25, 0.3) is 0 Å². The Bertz CT molecular complexity index is 201. The van der Waals surface area contributed by atoms with Crippen molar-refractivity contribution in [1.29, 1.82) is 0 Å². The van der Waals surface area contributed by atoms with E-state index in [9.17, 15) is 0 Å². The second-order valence-electron chi connectivity index (χ2n) is 4.46. The molecule has 1 heteroatoms. The maximum absolute atomic E-state index is 2.38. The number of allylic oxidation sites excluding steroid dienone is 1. The lowest BCUT2D eigenvalue weighted by atomic mass is 9.84. The summed E-state index contributed by atoms with van der Waals surface area (Å²) in [4.78, 5) is 0. The van der Waals surface area contributed by atoms with Crippen molar-refractivity contribution in [2.75, 3.05) is 6.26 Å². The van der Waals surface area contributed by atoms with Crippen LogP contribution in [0.1, 0.15) is 40.5 Å². The van der Waals surface area contributed by atoms with E-state index in [4.69, 9.17) is 0 Å². The molecule has 0 spiro atoms. The van der Waals surface area contributed by atoms with Gasteiger partial charge < -0.3 is 0 Å². The van der Waals surface area contributed by atoms with E-state index in [2.05, 4.69) is 34.0 Å². The topological polar surface area (TPSA) is 0 Å². The fourth-order valence-electron chi connectivity index (χ4n) is 2.36. The summed E-state index contributed by atoms with van der Waals surface area (Å²) in [5.41, 5.74) is 3.81. The van der Waals surface area contributed by atoms with Gasteiger partial charge >= 0.3 is 0 Å². The molecule has 0 N–H and O–H groups in total. The molecule has 70 valence electrons. The molecule has 0 saturated heterocycles. The van der Waals surface area contributed by atoms with Crippen molar-refractivity contribution in [2.24, 2.45) is 5.41 Å². The predicted octanol–water partition coefficient (Wildman–Crippen LogP) is 3.87. The molecule has 1 atom stereocenters. The van der Waals surface area contributed by atoms with E-state index in [0.717, 1.165) is 0 Å². The van der Waals surface area contributed by atoms with Crippen molar-refractivity contribution in [2.45, 2.75) is 45.8 Å². The van der Waals surface area contributed by atoms with E-state index in [1.165, 1.54) is 12.8 Å². The van der Waals surface area contributed by atoms with Crippen molar-refractivity contribution >= 4 is 11.8 Å². The third kappa shape index (κ3) is 1.71. The third-order valence-corrected chi connectivity index (χ3v) is 4.02. The fourth-order valence-corrected chi connectivity index (χ4v) is 3.12. The molecule has 1 aliphatic carbocycles. The summed E-state index contributed by atoms with van der Waals surface area (Å²) < 4.78 is 0. The van der Waals surface area contributed by atoms with Gasteiger partial charge in [0.15, 0.2) is 0 Å². The lowest BCUT2D eigenvalue weighted by molar-refractivity contribution is 0.434. The first-order chi connectivity index (χ1) is 5.49. The minimum atomic E-state index is 0.465. The normalized spacial score (nSPS) is 24.8. The van der Waals surface area contributed by atoms with Crippen molar-refractivity contribution in [3.8, 4) is 0 Å². The molecule has 1 rings (SSSR count). The monoisotopic (exact) mass is 184 g/mol. The minimum absolute atomic E-state index is 0.465. The first-order valence-electron chi connectivity index (χ1n) is 4.72. The fraction of sp³-hybridized carbons (Fsp3) is 0.818. The summed E-state index contributed by atoms with van der Waals surface area (Å²) in [6.07, 6.45) is 4.87. The molecule has 0 aromatic rings. The Morgan fingerprint density at radius 3 is 2.33 bits per heavy atom. The summed E-state index contributed by atoms with van der Waals surface area (Å²) in [7, 11) is 0. The predicted molar refractivity (Wildman–Crippen MR) is 58.7 cm³/mol. The van der Waals surface area contributed by atoms with Crippen LogP contribution in [0, 0.1) is 5.41 Å². The van der Waals surface area contributed by atoms with Crippen LogP contribution in [-0.4, -0.2) is 11.5 Å². The summed E-state index contributed by atoms with van der Waals surface area (Å²) in [5, 5.41) is 0.711. The van der Waals surface area contributed by atoms with Crippen LogP contribution in [-0.2, 0) is 0 Å².